The highest BCUT2D eigenvalue weighted by molar-refractivity contribution is 4.89. The van der Waals surface area contributed by atoms with Gasteiger partial charge < -0.3 is 5.32 Å². The van der Waals surface area contributed by atoms with Crippen LogP contribution in [0.4, 0.5) is 0 Å². The Kier molecular flexibility index (Phi) is 3.69. The fourth-order valence-electron chi connectivity index (χ4n) is 3.39. The molecule has 3 fully saturated rings. The van der Waals surface area contributed by atoms with Gasteiger partial charge in [-0.3, -0.25) is 9.80 Å². The van der Waals surface area contributed by atoms with Crippen molar-refractivity contribution in [3.8, 4) is 0 Å². The van der Waals surface area contributed by atoms with Crippen LogP contribution in [-0.2, 0) is 0 Å². The highest BCUT2D eigenvalue weighted by Gasteiger charge is 2.32. The quantitative estimate of drug-likeness (QED) is 0.794. The minimum atomic E-state index is 0.747. The molecule has 2 aliphatic heterocycles. The van der Waals surface area contributed by atoms with E-state index >= 15 is 0 Å². The van der Waals surface area contributed by atoms with E-state index in [0.29, 0.717) is 0 Å². The van der Waals surface area contributed by atoms with Crippen molar-refractivity contribution in [2.45, 2.75) is 44.7 Å². The molecule has 2 unspecified atom stereocenters. The van der Waals surface area contributed by atoms with Crippen LogP contribution in [0, 0.1) is 5.92 Å². The Balaban J connectivity index is 1.43. The first-order chi connectivity index (χ1) is 8.33. The zero-order valence-electron chi connectivity index (χ0n) is 11.2. The molecule has 2 atom stereocenters. The van der Waals surface area contributed by atoms with E-state index in [4.69, 9.17) is 0 Å². The van der Waals surface area contributed by atoms with Gasteiger partial charge in [0.05, 0.1) is 0 Å². The summed E-state index contributed by atoms with van der Waals surface area (Å²) in [4.78, 5) is 5.38. The smallest absolute Gasteiger partial charge is 0.0220 e. The van der Waals surface area contributed by atoms with Crippen molar-refractivity contribution in [3.63, 3.8) is 0 Å². The molecule has 3 rings (SSSR count). The first-order valence-corrected chi connectivity index (χ1v) is 7.53. The van der Waals surface area contributed by atoms with Gasteiger partial charge >= 0.3 is 0 Å². The summed E-state index contributed by atoms with van der Waals surface area (Å²) in [5, 5.41) is 3.71. The molecule has 0 aromatic heterocycles. The highest BCUT2D eigenvalue weighted by Crippen LogP contribution is 2.27. The van der Waals surface area contributed by atoms with E-state index in [1.807, 2.05) is 0 Å². The predicted molar refractivity (Wildman–Crippen MR) is 71.2 cm³/mol. The Bertz CT molecular complexity index is 244. The maximum atomic E-state index is 3.71. The van der Waals surface area contributed by atoms with Crippen molar-refractivity contribution in [1.29, 1.82) is 0 Å². The van der Waals surface area contributed by atoms with Crippen LogP contribution in [0.5, 0.6) is 0 Å². The van der Waals surface area contributed by atoms with Crippen molar-refractivity contribution >= 4 is 0 Å². The van der Waals surface area contributed by atoms with Crippen molar-refractivity contribution in [1.82, 2.24) is 15.1 Å². The van der Waals surface area contributed by atoms with Gasteiger partial charge in [-0.1, -0.05) is 6.92 Å². The van der Waals surface area contributed by atoms with Crippen LogP contribution in [0.1, 0.15) is 32.6 Å². The average molecular weight is 237 g/mol. The fourth-order valence-corrected chi connectivity index (χ4v) is 3.39. The molecule has 0 radical (unpaired) electrons. The minimum Gasteiger partial charge on any atom is -0.312 e. The summed E-state index contributed by atoms with van der Waals surface area (Å²) >= 11 is 0. The van der Waals surface area contributed by atoms with Crippen molar-refractivity contribution < 1.29 is 0 Å². The van der Waals surface area contributed by atoms with Gasteiger partial charge in [0.15, 0.2) is 0 Å². The zero-order chi connectivity index (χ0) is 11.7. The van der Waals surface area contributed by atoms with Crippen molar-refractivity contribution in [2.75, 3.05) is 39.3 Å². The first kappa shape index (κ1) is 11.9. The molecule has 0 aromatic carbocycles. The first-order valence-electron chi connectivity index (χ1n) is 7.53. The molecular formula is C14H27N3. The molecule has 17 heavy (non-hydrogen) atoms. The van der Waals surface area contributed by atoms with Gasteiger partial charge in [0.25, 0.3) is 0 Å². The molecule has 0 amide bonds. The molecular weight excluding hydrogens is 210 g/mol. The lowest BCUT2D eigenvalue weighted by molar-refractivity contribution is 0.105. The van der Waals surface area contributed by atoms with Crippen LogP contribution < -0.4 is 5.32 Å². The maximum Gasteiger partial charge on any atom is 0.0220 e. The summed E-state index contributed by atoms with van der Waals surface area (Å²) < 4.78 is 0. The molecule has 2 saturated heterocycles. The monoisotopic (exact) mass is 237 g/mol. The van der Waals surface area contributed by atoms with Crippen LogP contribution in [0.15, 0.2) is 0 Å². The van der Waals surface area contributed by atoms with E-state index in [2.05, 4.69) is 22.0 Å². The highest BCUT2D eigenvalue weighted by atomic mass is 15.3. The van der Waals surface area contributed by atoms with E-state index in [1.165, 1.54) is 65.0 Å². The van der Waals surface area contributed by atoms with E-state index in [1.54, 1.807) is 0 Å². The van der Waals surface area contributed by atoms with Gasteiger partial charge in [-0.25, -0.2) is 0 Å². The molecule has 3 nitrogen and oxygen atoms in total. The van der Waals surface area contributed by atoms with Crippen LogP contribution >= 0.6 is 0 Å². The van der Waals surface area contributed by atoms with Gasteiger partial charge in [0.2, 0.25) is 0 Å². The SMILES string of the molecule is CC1CCCNC1CN1CCN(C2CC2)CC1. The number of hydrogen-bond donors (Lipinski definition) is 1. The lowest BCUT2D eigenvalue weighted by Crippen LogP contribution is -2.53. The number of hydrogen-bond acceptors (Lipinski definition) is 3. The maximum absolute atomic E-state index is 3.71. The van der Waals surface area contributed by atoms with Crippen LogP contribution in [0.2, 0.25) is 0 Å². The molecule has 0 aromatic rings. The molecule has 98 valence electrons. The molecule has 2 heterocycles. The standard InChI is InChI=1S/C14H27N3/c1-12-3-2-6-15-14(12)11-16-7-9-17(10-8-16)13-4-5-13/h12-15H,2-11H2,1H3. The molecule has 1 saturated carbocycles. The molecule has 1 N–H and O–H groups in total. The Morgan fingerprint density at radius 2 is 1.82 bits per heavy atom. The molecule has 0 bridgehead atoms. The largest absolute Gasteiger partial charge is 0.312 e. The molecule has 1 aliphatic carbocycles. The van der Waals surface area contributed by atoms with Crippen LogP contribution in [0.25, 0.3) is 0 Å². The fraction of sp³-hybridized carbons (Fsp3) is 1.00. The molecule has 3 heteroatoms. The summed E-state index contributed by atoms with van der Waals surface area (Å²) in [5.74, 6) is 0.866. The third kappa shape index (κ3) is 3.01. The number of nitrogens with zero attached hydrogens (tertiary/aromatic N) is 2. The predicted octanol–water partition coefficient (Wildman–Crippen LogP) is 1.15. The lowest BCUT2D eigenvalue weighted by atomic mass is 9.92. The molecule has 0 spiro atoms. The number of piperazine rings is 1. The Morgan fingerprint density at radius 3 is 2.47 bits per heavy atom. The molecule has 3 aliphatic rings. The van der Waals surface area contributed by atoms with Crippen LogP contribution in [-0.4, -0.2) is 61.2 Å². The van der Waals surface area contributed by atoms with E-state index in [9.17, 15) is 0 Å². The summed E-state index contributed by atoms with van der Waals surface area (Å²) in [5.41, 5.74) is 0. The van der Waals surface area contributed by atoms with E-state index < -0.39 is 0 Å². The third-order valence-electron chi connectivity index (χ3n) is 4.85. The second-order valence-electron chi connectivity index (χ2n) is 6.25. The number of rotatable bonds is 3. The van der Waals surface area contributed by atoms with E-state index in [-0.39, 0.29) is 0 Å². The number of piperidine rings is 1. The van der Waals surface area contributed by atoms with Crippen molar-refractivity contribution in [3.05, 3.63) is 0 Å². The van der Waals surface area contributed by atoms with Gasteiger partial charge in [0, 0.05) is 44.8 Å². The summed E-state index contributed by atoms with van der Waals surface area (Å²) in [6, 6.07) is 1.71. The Hall–Kier alpha value is -0.120. The minimum absolute atomic E-state index is 0.747. The van der Waals surface area contributed by atoms with E-state index in [0.717, 1.165) is 18.0 Å². The van der Waals surface area contributed by atoms with Gasteiger partial charge in [-0.05, 0) is 38.1 Å². The van der Waals surface area contributed by atoms with Gasteiger partial charge in [-0.15, -0.1) is 0 Å². The summed E-state index contributed by atoms with van der Waals surface area (Å²) in [6.07, 6.45) is 5.70. The second kappa shape index (κ2) is 5.25. The van der Waals surface area contributed by atoms with Gasteiger partial charge in [-0.2, -0.15) is 0 Å². The summed E-state index contributed by atoms with van der Waals surface area (Å²) in [6.45, 7) is 10.1. The lowest BCUT2D eigenvalue weighted by Gasteiger charge is -2.39. The average Bonchev–Trinajstić information content (AvgIpc) is 3.17. The zero-order valence-corrected chi connectivity index (χ0v) is 11.2. The van der Waals surface area contributed by atoms with Crippen LogP contribution in [0.3, 0.4) is 0 Å². The van der Waals surface area contributed by atoms with Gasteiger partial charge in [0.1, 0.15) is 0 Å². The summed E-state index contributed by atoms with van der Waals surface area (Å²) in [7, 11) is 0. The Morgan fingerprint density at radius 1 is 1.06 bits per heavy atom. The Labute approximate surface area is 106 Å². The third-order valence-corrected chi connectivity index (χ3v) is 4.85. The van der Waals surface area contributed by atoms with Crippen molar-refractivity contribution in [2.24, 2.45) is 5.92 Å². The number of nitrogens with one attached hydrogen (secondary N) is 1. The topological polar surface area (TPSA) is 18.5 Å². The second-order valence-corrected chi connectivity index (χ2v) is 6.25. The normalized spacial score (nSPS) is 37.2.